The Bertz CT molecular complexity index is 3020. The fraction of sp³-hybridized carbons (Fsp3) is 0.527. The molecule has 3 N–H and O–H groups in total. The predicted molar refractivity (Wildman–Crippen MR) is 278 cm³/mol. The van der Waals surface area contributed by atoms with Crippen LogP contribution in [0.3, 0.4) is 0 Å². The standard InChI is InChI=1S/C55H66N8O9S/c1-54(2)29-37(16-25-71-54)41-6-3-4-7-42(41)45-8-5-20-61(45)39-30-55(31-39)17-21-60(22-18-55)38-9-11-43(46(27-38)62-48-26-36-13-19-56-51(36)58-53(48)72-50-34-70-33-49(50)62)52(64)59-73(67,68)40-10-12-44(47(28-40)63(65)66)57-32-35-14-23-69-24-15-35/h3-4,6-7,9-13,19,26-28,35,37,39,45,49-50,57H,5,8,14-18,20-25,29-34H2,1-2H3,(H,56,58)(H,59,64)/t37-,45-,49+,50+/m0/s1. The normalized spacial score (nSPS) is 25.2. The first kappa shape index (κ1) is 48.2. The number of fused-ring (bicyclic) bond motifs is 3. The number of likely N-dealkylation sites (tertiary alicyclic amines) is 1. The number of aromatic nitrogens is 2. The third-order valence-corrected chi connectivity index (χ3v) is 18.6. The second-order valence-corrected chi connectivity index (χ2v) is 23.9. The molecule has 2 aromatic heterocycles. The zero-order valence-electron chi connectivity index (χ0n) is 41.7. The van der Waals surface area contributed by atoms with Crippen molar-refractivity contribution in [3.05, 3.63) is 106 Å². The molecule has 1 aliphatic carbocycles. The molecule has 8 heterocycles. The highest BCUT2D eigenvalue weighted by Crippen LogP contribution is 2.55. The highest BCUT2D eigenvalue weighted by Gasteiger charge is 2.51. The Hall–Kier alpha value is -5.79. The molecular formula is C55H66N8O9S. The van der Waals surface area contributed by atoms with Crippen LogP contribution in [-0.2, 0) is 24.2 Å². The van der Waals surface area contributed by atoms with Crippen LogP contribution in [0.5, 0.6) is 5.88 Å². The summed E-state index contributed by atoms with van der Waals surface area (Å²) in [6, 6.07) is 23.0. The van der Waals surface area contributed by atoms with Crippen molar-refractivity contribution in [2.45, 2.75) is 119 Å². The molecule has 73 heavy (non-hydrogen) atoms. The molecule has 7 aliphatic rings. The monoisotopic (exact) mass is 1010 g/mol. The number of carbonyl (C=O) groups is 1. The lowest BCUT2D eigenvalue weighted by Gasteiger charge is -2.56. The third-order valence-electron chi connectivity index (χ3n) is 17.2. The number of sulfonamides is 1. The van der Waals surface area contributed by atoms with E-state index < -0.39 is 37.5 Å². The summed E-state index contributed by atoms with van der Waals surface area (Å²) in [4.78, 5) is 41.2. The van der Waals surface area contributed by atoms with Gasteiger partial charge in [0.2, 0.25) is 5.88 Å². The lowest BCUT2D eigenvalue weighted by Crippen LogP contribution is -2.55. The molecule has 6 fully saturated rings. The molecule has 1 amide bonds. The zero-order chi connectivity index (χ0) is 50.1. The first-order valence-electron chi connectivity index (χ1n) is 26.4. The second kappa shape index (κ2) is 19.2. The number of ether oxygens (including phenoxy) is 4. The Morgan fingerprint density at radius 2 is 1.70 bits per heavy atom. The number of piperidine rings is 1. The highest BCUT2D eigenvalue weighted by atomic mass is 32.2. The Labute approximate surface area is 426 Å². The van der Waals surface area contributed by atoms with Crippen LogP contribution in [0, 0.1) is 21.4 Å². The van der Waals surface area contributed by atoms with E-state index in [-0.39, 0.29) is 34.2 Å². The molecule has 0 bridgehead atoms. The predicted octanol–water partition coefficient (Wildman–Crippen LogP) is 8.98. The molecule has 12 rings (SSSR count). The topological polar surface area (TPSA) is 194 Å². The van der Waals surface area contributed by atoms with Crippen molar-refractivity contribution in [1.29, 1.82) is 0 Å². The van der Waals surface area contributed by atoms with Crippen LogP contribution in [0.4, 0.5) is 28.4 Å². The van der Waals surface area contributed by atoms with Gasteiger partial charge in [0.15, 0.2) is 0 Å². The average Bonchev–Trinajstić information content (AvgIpc) is 4.18. The second-order valence-electron chi connectivity index (χ2n) is 22.2. The maximum atomic E-state index is 14.7. The van der Waals surface area contributed by atoms with E-state index in [1.807, 2.05) is 35.4 Å². The molecule has 18 heteroatoms. The highest BCUT2D eigenvalue weighted by molar-refractivity contribution is 7.90. The molecule has 5 aromatic rings. The number of rotatable bonds is 12. The minimum atomic E-state index is -4.60. The summed E-state index contributed by atoms with van der Waals surface area (Å²) in [5.74, 6) is 0.285. The molecule has 0 unspecified atom stereocenters. The van der Waals surface area contributed by atoms with Gasteiger partial charge in [-0.05, 0) is 155 Å². The number of H-pyrrole nitrogens is 1. The molecule has 3 aromatic carbocycles. The van der Waals surface area contributed by atoms with Crippen molar-refractivity contribution >= 4 is 55.4 Å². The van der Waals surface area contributed by atoms with Gasteiger partial charge in [-0.3, -0.25) is 19.8 Å². The van der Waals surface area contributed by atoms with Gasteiger partial charge in [-0.25, -0.2) is 13.1 Å². The quantitative estimate of drug-likeness (QED) is 0.0792. The molecule has 6 aliphatic heterocycles. The summed E-state index contributed by atoms with van der Waals surface area (Å²) in [5, 5.41) is 16.3. The maximum absolute atomic E-state index is 14.7. The van der Waals surface area contributed by atoms with Gasteiger partial charge in [-0.1, -0.05) is 24.3 Å². The van der Waals surface area contributed by atoms with Crippen LogP contribution in [0.1, 0.15) is 112 Å². The van der Waals surface area contributed by atoms with E-state index in [9.17, 15) is 23.3 Å². The Kier molecular flexibility index (Phi) is 12.6. The van der Waals surface area contributed by atoms with Gasteiger partial charge in [-0.2, -0.15) is 4.98 Å². The van der Waals surface area contributed by atoms with E-state index in [0.29, 0.717) is 73.9 Å². The third kappa shape index (κ3) is 9.31. The van der Waals surface area contributed by atoms with Gasteiger partial charge in [-0.15, -0.1) is 0 Å². The van der Waals surface area contributed by atoms with Gasteiger partial charge in [0, 0.05) is 74.9 Å². The number of amides is 1. The fourth-order valence-electron chi connectivity index (χ4n) is 13.3. The van der Waals surface area contributed by atoms with Crippen LogP contribution < -0.4 is 24.6 Å². The number of aromatic amines is 1. The first-order chi connectivity index (χ1) is 35.3. The van der Waals surface area contributed by atoms with E-state index in [1.54, 1.807) is 6.07 Å². The summed E-state index contributed by atoms with van der Waals surface area (Å²) >= 11 is 0. The van der Waals surface area contributed by atoms with Crippen LogP contribution in [-0.4, -0.2) is 117 Å². The van der Waals surface area contributed by atoms with Crippen molar-refractivity contribution in [3.8, 4) is 5.88 Å². The molecule has 1 saturated carbocycles. The number of nitro groups is 1. The summed E-state index contributed by atoms with van der Waals surface area (Å²) in [6.45, 7) is 10.4. The van der Waals surface area contributed by atoms with Crippen molar-refractivity contribution in [2.24, 2.45) is 11.3 Å². The van der Waals surface area contributed by atoms with Gasteiger partial charge >= 0.3 is 0 Å². The number of carbonyl (C=O) groups excluding carboxylic acids is 1. The number of benzene rings is 3. The zero-order valence-corrected chi connectivity index (χ0v) is 42.5. The SMILES string of the molecule is CC1(C)C[C@@H](c2ccccc2[C@@H]2CCCN2C2CC3(CCN(c4ccc(C(=O)NS(=O)(=O)c5ccc(NCC6CCOCC6)c([N+](=O)[O-])c5)c(N5c6cc7cc[nH]c7nc6O[C@@H]6COC[C@H]65)c4)CC3)C2)CCO1. The van der Waals surface area contributed by atoms with Gasteiger partial charge < -0.3 is 39.0 Å². The maximum Gasteiger partial charge on any atom is 0.293 e. The summed E-state index contributed by atoms with van der Waals surface area (Å²) in [7, 11) is -4.60. The molecule has 386 valence electrons. The van der Waals surface area contributed by atoms with Crippen molar-refractivity contribution in [2.75, 3.05) is 74.3 Å². The van der Waals surface area contributed by atoms with Gasteiger partial charge in [0.25, 0.3) is 21.6 Å². The number of nitrogens with zero attached hydrogens (tertiary/aromatic N) is 5. The van der Waals surface area contributed by atoms with Gasteiger partial charge in [0.05, 0.1) is 45.9 Å². The molecular weight excluding hydrogens is 949 g/mol. The van der Waals surface area contributed by atoms with E-state index in [1.165, 1.54) is 48.9 Å². The smallest absolute Gasteiger partial charge is 0.293 e. The number of anilines is 4. The Morgan fingerprint density at radius 3 is 2.49 bits per heavy atom. The first-order valence-corrected chi connectivity index (χ1v) is 27.9. The lowest BCUT2D eigenvalue weighted by molar-refractivity contribution is -0.384. The molecule has 5 saturated heterocycles. The number of nitro benzene ring substituents is 1. The van der Waals surface area contributed by atoms with E-state index >= 15 is 0 Å². The van der Waals surface area contributed by atoms with Crippen LogP contribution in [0.25, 0.3) is 11.0 Å². The molecule has 4 atom stereocenters. The van der Waals surface area contributed by atoms with Crippen molar-refractivity contribution < 1.29 is 37.1 Å². The summed E-state index contributed by atoms with van der Waals surface area (Å²) in [6.07, 6.45) is 12.1. The lowest BCUT2D eigenvalue weighted by atomic mass is 9.59. The number of hydrogen-bond donors (Lipinski definition) is 3. The van der Waals surface area contributed by atoms with Crippen LogP contribution in [0.2, 0.25) is 0 Å². The van der Waals surface area contributed by atoms with E-state index in [0.717, 1.165) is 81.9 Å². The number of hydrogen-bond acceptors (Lipinski definition) is 14. The van der Waals surface area contributed by atoms with E-state index in [2.05, 4.69) is 62.9 Å². The Morgan fingerprint density at radius 1 is 0.890 bits per heavy atom. The molecule has 17 nitrogen and oxygen atoms in total. The minimum absolute atomic E-state index is 0.108. The van der Waals surface area contributed by atoms with Crippen molar-refractivity contribution in [3.63, 3.8) is 0 Å². The molecule has 1 spiro atoms. The Balaban J connectivity index is 0.798. The fourth-order valence-corrected chi connectivity index (χ4v) is 14.3. The average molecular weight is 1020 g/mol. The summed E-state index contributed by atoms with van der Waals surface area (Å²) < 4.78 is 54.6. The van der Waals surface area contributed by atoms with Crippen molar-refractivity contribution in [1.82, 2.24) is 19.6 Å². The van der Waals surface area contributed by atoms with Crippen LogP contribution >= 0.6 is 0 Å². The van der Waals surface area contributed by atoms with E-state index in [4.69, 9.17) is 23.9 Å². The summed E-state index contributed by atoms with van der Waals surface area (Å²) in [5.41, 5.74) is 5.80. The van der Waals surface area contributed by atoms with Crippen LogP contribution in [0.15, 0.2) is 83.9 Å². The van der Waals surface area contributed by atoms with Gasteiger partial charge in [0.1, 0.15) is 23.1 Å². The number of pyridine rings is 1. The largest absolute Gasteiger partial charge is 0.468 e. The minimum Gasteiger partial charge on any atom is -0.468 e. The number of nitrogens with one attached hydrogen (secondary N) is 3. The molecule has 0 radical (unpaired) electrons.